The van der Waals surface area contributed by atoms with Crippen LogP contribution in [-0.4, -0.2) is 31.3 Å². The van der Waals surface area contributed by atoms with Crippen molar-refractivity contribution in [2.45, 2.75) is 38.8 Å². The van der Waals surface area contributed by atoms with Crippen LogP contribution in [0.5, 0.6) is 0 Å². The van der Waals surface area contributed by atoms with Gasteiger partial charge in [0.25, 0.3) is 0 Å². The van der Waals surface area contributed by atoms with Gasteiger partial charge in [0.2, 0.25) is 0 Å². The van der Waals surface area contributed by atoms with Gasteiger partial charge in [0.05, 0.1) is 17.6 Å². The van der Waals surface area contributed by atoms with Crippen molar-refractivity contribution in [1.29, 1.82) is 0 Å². The van der Waals surface area contributed by atoms with Crippen molar-refractivity contribution in [2.75, 3.05) is 0 Å². The summed E-state index contributed by atoms with van der Waals surface area (Å²) in [5, 5.41) is 18.9. The van der Waals surface area contributed by atoms with Crippen molar-refractivity contribution in [1.82, 2.24) is 9.55 Å². The van der Waals surface area contributed by atoms with Gasteiger partial charge in [-0.15, -0.1) is 0 Å². The standard InChI is InChI=1S/C11H16N2O3/c1-11(2,16)7-3-4-13-6-12-9(10(14)15)8(13)5-7/h6-7,16H,3-5H2,1-2H3,(H,14,15). The minimum Gasteiger partial charge on any atom is -0.476 e. The van der Waals surface area contributed by atoms with E-state index in [0.29, 0.717) is 6.42 Å². The first-order valence-corrected chi connectivity index (χ1v) is 5.39. The maximum atomic E-state index is 11.0. The van der Waals surface area contributed by atoms with E-state index in [9.17, 15) is 9.90 Å². The molecule has 1 aliphatic rings. The van der Waals surface area contributed by atoms with Crippen molar-refractivity contribution >= 4 is 5.97 Å². The van der Waals surface area contributed by atoms with Gasteiger partial charge in [0, 0.05) is 6.54 Å². The Bertz CT molecular complexity index is 417. The Morgan fingerprint density at radius 3 is 2.88 bits per heavy atom. The number of aryl methyl sites for hydroxylation is 1. The van der Waals surface area contributed by atoms with Gasteiger partial charge in [-0.1, -0.05) is 0 Å². The summed E-state index contributed by atoms with van der Waals surface area (Å²) in [6.07, 6.45) is 3.00. The van der Waals surface area contributed by atoms with Crippen LogP contribution >= 0.6 is 0 Å². The lowest BCUT2D eigenvalue weighted by Gasteiger charge is -2.33. The Morgan fingerprint density at radius 1 is 1.62 bits per heavy atom. The Hall–Kier alpha value is -1.36. The number of fused-ring (bicyclic) bond motifs is 1. The SMILES string of the molecule is CC(C)(O)C1CCn2cnc(C(=O)O)c2C1. The number of hydrogen-bond donors (Lipinski definition) is 2. The zero-order valence-corrected chi connectivity index (χ0v) is 9.47. The van der Waals surface area contributed by atoms with Gasteiger partial charge < -0.3 is 14.8 Å². The van der Waals surface area contributed by atoms with Crippen LogP contribution < -0.4 is 0 Å². The monoisotopic (exact) mass is 224 g/mol. The van der Waals surface area contributed by atoms with Gasteiger partial charge in [-0.05, 0) is 32.6 Å². The van der Waals surface area contributed by atoms with Gasteiger partial charge in [-0.25, -0.2) is 9.78 Å². The molecule has 0 aliphatic carbocycles. The molecule has 0 spiro atoms. The molecule has 0 saturated carbocycles. The zero-order chi connectivity index (χ0) is 11.9. The molecule has 1 aromatic heterocycles. The third-order valence-electron chi connectivity index (χ3n) is 3.31. The lowest BCUT2D eigenvalue weighted by molar-refractivity contribution is 0.00589. The zero-order valence-electron chi connectivity index (χ0n) is 9.47. The van der Waals surface area contributed by atoms with E-state index in [1.807, 2.05) is 4.57 Å². The number of rotatable bonds is 2. The molecule has 0 saturated heterocycles. The van der Waals surface area contributed by atoms with E-state index in [1.54, 1.807) is 20.2 Å². The Morgan fingerprint density at radius 2 is 2.31 bits per heavy atom. The van der Waals surface area contributed by atoms with Crippen molar-refractivity contribution in [2.24, 2.45) is 5.92 Å². The number of imidazole rings is 1. The highest BCUT2D eigenvalue weighted by atomic mass is 16.4. The summed E-state index contributed by atoms with van der Waals surface area (Å²) in [5.41, 5.74) is 0.0745. The summed E-state index contributed by atoms with van der Waals surface area (Å²) < 4.78 is 1.87. The molecular weight excluding hydrogens is 208 g/mol. The molecule has 5 nitrogen and oxygen atoms in total. The largest absolute Gasteiger partial charge is 0.476 e. The summed E-state index contributed by atoms with van der Waals surface area (Å²) in [4.78, 5) is 14.8. The third kappa shape index (κ3) is 1.82. The third-order valence-corrected chi connectivity index (χ3v) is 3.31. The molecule has 5 heteroatoms. The fraction of sp³-hybridized carbons (Fsp3) is 0.636. The second-order valence-electron chi connectivity index (χ2n) is 4.88. The topological polar surface area (TPSA) is 75.3 Å². The van der Waals surface area contributed by atoms with Crippen molar-refractivity contribution in [3.63, 3.8) is 0 Å². The molecule has 0 amide bonds. The minimum atomic E-state index is -0.995. The van der Waals surface area contributed by atoms with Crippen LogP contribution in [0.25, 0.3) is 0 Å². The highest BCUT2D eigenvalue weighted by Crippen LogP contribution is 2.30. The predicted octanol–water partition coefficient (Wildman–Crippen LogP) is 0.915. The van der Waals surface area contributed by atoms with Crippen LogP contribution in [0.1, 0.15) is 36.5 Å². The summed E-state index contributed by atoms with van der Waals surface area (Å²) >= 11 is 0. The van der Waals surface area contributed by atoms with E-state index in [4.69, 9.17) is 5.11 Å². The molecule has 0 bridgehead atoms. The molecule has 16 heavy (non-hydrogen) atoms. The minimum absolute atomic E-state index is 0.0924. The van der Waals surface area contributed by atoms with Crippen molar-refractivity contribution < 1.29 is 15.0 Å². The van der Waals surface area contributed by atoms with Crippen molar-refractivity contribution in [3.05, 3.63) is 17.7 Å². The maximum absolute atomic E-state index is 11.0. The van der Waals surface area contributed by atoms with Gasteiger partial charge in [0.15, 0.2) is 5.69 Å². The van der Waals surface area contributed by atoms with E-state index >= 15 is 0 Å². The number of hydrogen-bond acceptors (Lipinski definition) is 3. The molecule has 1 aromatic rings. The average Bonchev–Trinajstić information content (AvgIpc) is 2.58. The first kappa shape index (κ1) is 11.1. The maximum Gasteiger partial charge on any atom is 0.356 e. The molecule has 2 N–H and O–H groups in total. The number of nitrogens with zero attached hydrogens (tertiary/aromatic N) is 2. The van der Waals surface area contributed by atoms with Crippen LogP contribution in [0, 0.1) is 5.92 Å². The van der Waals surface area contributed by atoms with Gasteiger partial charge in [-0.2, -0.15) is 0 Å². The lowest BCUT2D eigenvalue weighted by Crippen LogP contribution is -2.36. The smallest absolute Gasteiger partial charge is 0.356 e. The predicted molar refractivity (Wildman–Crippen MR) is 57.3 cm³/mol. The van der Waals surface area contributed by atoms with Crippen molar-refractivity contribution in [3.8, 4) is 0 Å². The van der Waals surface area contributed by atoms with Crippen LogP contribution in [0.2, 0.25) is 0 Å². The second-order valence-corrected chi connectivity index (χ2v) is 4.88. The van der Waals surface area contributed by atoms with Crippen LogP contribution in [0.15, 0.2) is 6.33 Å². The number of carboxylic acid groups (broad SMARTS) is 1. The highest BCUT2D eigenvalue weighted by molar-refractivity contribution is 5.86. The molecule has 0 radical (unpaired) electrons. The van der Waals surface area contributed by atoms with Crippen LogP contribution in [-0.2, 0) is 13.0 Å². The normalized spacial score (nSPS) is 20.6. The number of aliphatic hydroxyl groups is 1. The second kappa shape index (κ2) is 3.59. The molecule has 2 rings (SSSR count). The van der Waals surface area contributed by atoms with E-state index in [2.05, 4.69) is 4.98 Å². The average molecular weight is 224 g/mol. The van der Waals surface area contributed by atoms with Crippen LogP contribution in [0.4, 0.5) is 0 Å². The number of aromatic nitrogens is 2. The molecule has 0 aromatic carbocycles. The molecule has 2 heterocycles. The van der Waals surface area contributed by atoms with Gasteiger partial charge >= 0.3 is 5.97 Å². The fourth-order valence-electron chi connectivity index (χ4n) is 2.23. The fourth-order valence-corrected chi connectivity index (χ4v) is 2.23. The van der Waals surface area contributed by atoms with Crippen LogP contribution in [0.3, 0.4) is 0 Å². The summed E-state index contributed by atoms with van der Waals surface area (Å²) in [6, 6.07) is 0. The summed E-state index contributed by atoms with van der Waals surface area (Å²) in [7, 11) is 0. The van der Waals surface area contributed by atoms with E-state index < -0.39 is 11.6 Å². The quantitative estimate of drug-likeness (QED) is 0.783. The number of carbonyl (C=O) groups is 1. The molecule has 1 unspecified atom stereocenters. The molecule has 88 valence electrons. The van der Waals surface area contributed by atoms with Gasteiger partial charge in [0.1, 0.15) is 0 Å². The highest BCUT2D eigenvalue weighted by Gasteiger charge is 2.33. The molecule has 1 aliphatic heterocycles. The summed E-state index contributed by atoms with van der Waals surface area (Å²) in [6.45, 7) is 4.26. The molecule has 1 atom stereocenters. The Balaban J connectivity index is 2.31. The number of carboxylic acids is 1. The first-order valence-electron chi connectivity index (χ1n) is 5.39. The Kier molecular flexibility index (Phi) is 2.50. The van der Waals surface area contributed by atoms with Gasteiger partial charge in [-0.3, -0.25) is 0 Å². The summed E-state index contributed by atoms with van der Waals surface area (Å²) in [5.74, 6) is -0.903. The van der Waals surface area contributed by atoms with E-state index in [0.717, 1.165) is 18.7 Å². The molecule has 0 fully saturated rings. The Labute approximate surface area is 93.7 Å². The first-order chi connectivity index (χ1) is 7.39. The van der Waals surface area contributed by atoms with E-state index in [-0.39, 0.29) is 11.6 Å². The molecular formula is C11H16N2O3. The lowest BCUT2D eigenvalue weighted by atomic mass is 9.82. The van der Waals surface area contributed by atoms with E-state index in [1.165, 1.54) is 0 Å². The number of aromatic carboxylic acids is 1.